The van der Waals surface area contributed by atoms with E-state index in [1.807, 2.05) is 34.6 Å². The van der Waals surface area contributed by atoms with Crippen molar-refractivity contribution in [3.63, 3.8) is 0 Å². The minimum atomic E-state index is -0.478. The lowest BCUT2D eigenvalue weighted by Crippen LogP contribution is -2.30. The minimum absolute atomic E-state index is 0.0408. The Morgan fingerprint density at radius 3 is 2.00 bits per heavy atom. The van der Waals surface area contributed by atoms with Gasteiger partial charge < -0.3 is 14.9 Å². The van der Waals surface area contributed by atoms with Crippen molar-refractivity contribution in [3.05, 3.63) is 23.3 Å². The van der Waals surface area contributed by atoms with Gasteiger partial charge in [0, 0.05) is 31.5 Å². The van der Waals surface area contributed by atoms with Crippen LogP contribution in [0.5, 0.6) is 0 Å². The molecule has 3 heteroatoms. The van der Waals surface area contributed by atoms with Gasteiger partial charge in [0.2, 0.25) is 0 Å². The second-order valence-electron chi connectivity index (χ2n) is 6.18. The van der Waals surface area contributed by atoms with Crippen LogP contribution in [0.1, 0.15) is 41.5 Å². The molecule has 0 heterocycles. The van der Waals surface area contributed by atoms with E-state index in [1.54, 1.807) is 7.11 Å². The molecule has 0 fully saturated rings. The molecule has 5 atom stereocenters. The summed E-state index contributed by atoms with van der Waals surface area (Å²) in [5.41, 5.74) is 2.16. The summed E-state index contributed by atoms with van der Waals surface area (Å²) < 4.78 is 5.47. The Labute approximate surface area is 124 Å². The van der Waals surface area contributed by atoms with Crippen LogP contribution in [-0.2, 0) is 4.74 Å². The third kappa shape index (κ3) is 6.21. The lowest BCUT2D eigenvalue weighted by molar-refractivity contribution is 0.0101. The lowest BCUT2D eigenvalue weighted by atomic mass is 9.89. The van der Waals surface area contributed by atoms with Gasteiger partial charge in [-0.1, -0.05) is 38.5 Å². The molecule has 0 saturated heterocycles. The van der Waals surface area contributed by atoms with Crippen molar-refractivity contribution in [1.29, 1.82) is 0 Å². The Balaban J connectivity index is 4.89. The fourth-order valence-electron chi connectivity index (χ4n) is 2.71. The highest BCUT2D eigenvalue weighted by atomic mass is 16.5. The highest BCUT2D eigenvalue weighted by Gasteiger charge is 2.23. The zero-order valence-corrected chi connectivity index (χ0v) is 14.1. The molecule has 0 bridgehead atoms. The van der Waals surface area contributed by atoms with Crippen LogP contribution in [0.15, 0.2) is 23.3 Å². The van der Waals surface area contributed by atoms with Gasteiger partial charge in [-0.3, -0.25) is 0 Å². The fourth-order valence-corrected chi connectivity index (χ4v) is 2.71. The van der Waals surface area contributed by atoms with E-state index in [2.05, 4.69) is 19.1 Å². The van der Waals surface area contributed by atoms with Crippen molar-refractivity contribution >= 4 is 0 Å². The van der Waals surface area contributed by atoms with E-state index >= 15 is 0 Å². The summed E-state index contributed by atoms with van der Waals surface area (Å²) >= 11 is 0. The van der Waals surface area contributed by atoms with Crippen LogP contribution in [0.25, 0.3) is 0 Å². The number of allylic oxidation sites excluding steroid dienone is 1. The first-order chi connectivity index (χ1) is 9.24. The van der Waals surface area contributed by atoms with Gasteiger partial charge in [0.1, 0.15) is 0 Å². The third-order valence-corrected chi connectivity index (χ3v) is 3.73. The molecule has 2 N–H and O–H groups in total. The van der Waals surface area contributed by atoms with Crippen LogP contribution in [0.4, 0.5) is 0 Å². The molecule has 0 aromatic carbocycles. The first-order valence-electron chi connectivity index (χ1n) is 7.39. The maximum Gasteiger partial charge on any atom is 0.0807 e. The Morgan fingerprint density at radius 2 is 1.60 bits per heavy atom. The zero-order chi connectivity index (χ0) is 15.9. The molecule has 0 rings (SSSR count). The summed E-state index contributed by atoms with van der Waals surface area (Å²) in [6.45, 7) is 12.2. The maximum absolute atomic E-state index is 10.3. The minimum Gasteiger partial charge on any atom is -0.396 e. The van der Waals surface area contributed by atoms with Gasteiger partial charge in [-0.2, -0.15) is 0 Å². The number of rotatable bonds is 8. The van der Waals surface area contributed by atoms with Gasteiger partial charge in [-0.15, -0.1) is 0 Å². The average Bonchev–Trinajstić information content (AvgIpc) is 2.37. The van der Waals surface area contributed by atoms with Gasteiger partial charge in [0.25, 0.3) is 0 Å². The molecule has 0 unspecified atom stereocenters. The average molecular weight is 284 g/mol. The normalized spacial score (nSPS) is 19.9. The number of ether oxygens (including phenoxy) is 1. The molecule has 0 aliphatic rings. The summed E-state index contributed by atoms with van der Waals surface area (Å²) in [4.78, 5) is 0. The molecule has 0 saturated carbocycles. The summed E-state index contributed by atoms with van der Waals surface area (Å²) in [5.74, 6) is 0.321. The molecule has 3 nitrogen and oxygen atoms in total. The molecular weight excluding hydrogens is 252 g/mol. The molecule has 0 aromatic heterocycles. The molecular formula is C17H32O3. The van der Waals surface area contributed by atoms with Gasteiger partial charge >= 0.3 is 0 Å². The number of methoxy groups -OCH3 is 1. The van der Waals surface area contributed by atoms with Crippen LogP contribution < -0.4 is 0 Å². The highest BCUT2D eigenvalue weighted by Crippen LogP contribution is 2.22. The molecule has 0 aliphatic carbocycles. The van der Waals surface area contributed by atoms with Crippen LogP contribution in [0.2, 0.25) is 0 Å². The predicted molar refractivity (Wildman–Crippen MR) is 84.6 cm³/mol. The van der Waals surface area contributed by atoms with Crippen molar-refractivity contribution in [2.45, 2.75) is 53.8 Å². The Hall–Kier alpha value is -0.640. The molecule has 0 radical (unpaired) electrons. The fraction of sp³-hybridized carbons (Fsp3) is 0.765. The summed E-state index contributed by atoms with van der Waals surface area (Å²) in [7, 11) is 1.67. The van der Waals surface area contributed by atoms with Gasteiger partial charge in [-0.25, -0.2) is 0 Å². The van der Waals surface area contributed by atoms with Crippen LogP contribution in [-0.4, -0.2) is 36.1 Å². The Bertz CT molecular complexity index is 329. The molecule has 118 valence electrons. The van der Waals surface area contributed by atoms with Gasteiger partial charge in [0.05, 0.1) is 12.2 Å². The van der Waals surface area contributed by atoms with Crippen LogP contribution >= 0.6 is 0 Å². The Morgan fingerprint density at radius 1 is 1.05 bits per heavy atom. The highest BCUT2D eigenvalue weighted by molar-refractivity contribution is 5.12. The summed E-state index contributed by atoms with van der Waals surface area (Å²) in [6, 6.07) is 0. The quantitative estimate of drug-likeness (QED) is 0.673. The van der Waals surface area contributed by atoms with E-state index in [9.17, 15) is 10.2 Å². The van der Waals surface area contributed by atoms with Crippen molar-refractivity contribution in [2.75, 3.05) is 13.7 Å². The third-order valence-electron chi connectivity index (χ3n) is 3.73. The number of hydrogen-bond donors (Lipinski definition) is 2. The van der Waals surface area contributed by atoms with Crippen molar-refractivity contribution in [1.82, 2.24) is 0 Å². The molecule has 0 amide bonds. The van der Waals surface area contributed by atoms with E-state index in [0.29, 0.717) is 0 Å². The number of aliphatic hydroxyl groups excluding tert-OH is 2. The lowest BCUT2D eigenvalue weighted by Gasteiger charge is -2.27. The molecule has 20 heavy (non-hydrogen) atoms. The predicted octanol–water partition coefficient (Wildman–Crippen LogP) is 3.18. The largest absolute Gasteiger partial charge is 0.396 e. The molecule has 0 spiro atoms. The number of aliphatic hydroxyl groups is 2. The zero-order valence-electron chi connectivity index (χ0n) is 14.1. The Kier molecular flexibility index (Phi) is 9.03. The number of hydrogen-bond acceptors (Lipinski definition) is 3. The van der Waals surface area contributed by atoms with Crippen molar-refractivity contribution in [3.8, 4) is 0 Å². The van der Waals surface area contributed by atoms with Gasteiger partial charge in [0.15, 0.2) is 0 Å². The summed E-state index contributed by atoms with van der Waals surface area (Å²) in [6.07, 6.45) is 3.62. The second kappa shape index (κ2) is 9.32. The monoisotopic (exact) mass is 284 g/mol. The standard InChI is InChI=1S/C17H32O3/c1-11(2)8-12(3)16(19)13(4)9-14(5)17(20-7)15(6)10-18/h8-9,12,14-19H,10H2,1-7H3/b13-9+/t12-,14+,15-,16+,17-/m0/s1. The van der Waals surface area contributed by atoms with E-state index < -0.39 is 6.10 Å². The van der Waals surface area contributed by atoms with Crippen LogP contribution in [0, 0.1) is 17.8 Å². The molecule has 0 aromatic rings. The SMILES string of the molecule is CO[C@@H]([C@H](C)/C=C(\C)[C@H](O)[C@@H](C)C=C(C)C)[C@@H](C)CO. The maximum atomic E-state index is 10.3. The van der Waals surface area contributed by atoms with E-state index in [1.165, 1.54) is 5.57 Å². The van der Waals surface area contributed by atoms with Crippen molar-refractivity contribution < 1.29 is 14.9 Å². The summed E-state index contributed by atoms with van der Waals surface area (Å²) in [5, 5.41) is 19.6. The van der Waals surface area contributed by atoms with E-state index in [4.69, 9.17) is 4.74 Å². The smallest absolute Gasteiger partial charge is 0.0807 e. The van der Waals surface area contributed by atoms with E-state index in [0.717, 1.165) is 5.57 Å². The van der Waals surface area contributed by atoms with E-state index in [-0.39, 0.29) is 30.5 Å². The second-order valence-corrected chi connectivity index (χ2v) is 6.18. The van der Waals surface area contributed by atoms with Crippen molar-refractivity contribution in [2.24, 2.45) is 17.8 Å². The van der Waals surface area contributed by atoms with Crippen LogP contribution in [0.3, 0.4) is 0 Å². The topological polar surface area (TPSA) is 49.7 Å². The first kappa shape index (κ1) is 19.4. The first-order valence-corrected chi connectivity index (χ1v) is 7.39. The van der Waals surface area contributed by atoms with Gasteiger partial charge in [-0.05, 0) is 26.3 Å². The molecule has 0 aliphatic heterocycles.